The maximum atomic E-state index is 12.7. The predicted molar refractivity (Wildman–Crippen MR) is 182 cm³/mol. The molecule has 48 heavy (non-hydrogen) atoms. The van der Waals surface area contributed by atoms with Gasteiger partial charge in [0.25, 0.3) is 0 Å². The highest BCUT2D eigenvalue weighted by Gasteiger charge is 2.31. The summed E-state index contributed by atoms with van der Waals surface area (Å²) in [6, 6.07) is 17.1. The second-order valence-electron chi connectivity index (χ2n) is 9.61. The average molecular weight is 768 g/mol. The van der Waals surface area contributed by atoms with Crippen LogP contribution in [0.15, 0.2) is 100 Å². The Morgan fingerprint density at radius 3 is 1.65 bits per heavy atom. The number of pyridine rings is 2. The third kappa shape index (κ3) is 11.2. The van der Waals surface area contributed by atoms with Crippen molar-refractivity contribution in [1.29, 1.82) is 0 Å². The van der Waals surface area contributed by atoms with Crippen LogP contribution in [0.2, 0.25) is 0 Å². The van der Waals surface area contributed by atoms with Gasteiger partial charge in [-0.25, -0.2) is 19.9 Å². The lowest BCUT2D eigenvalue weighted by atomic mass is 10.2. The molecule has 0 bridgehead atoms. The van der Waals surface area contributed by atoms with Gasteiger partial charge in [-0.1, -0.05) is 28.1 Å². The zero-order valence-corrected chi connectivity index (χ0v) is 27.9. The maximum absolute atomic E-state index is 12.7. The van der Waals surface area contributed by atoms with Crippen LogP contribution in [0.5, 0.6) is 0 Å². The molecule has 0 spiro atoms. The Labute approximate surface area is 287 Å². The second-order valence-corrected chi connectivity index (χ2v) is 12.2. The standard InChI is InChI=1S/C15H11F3N4S.C11H9F3N2S.C5H5BrN2/c16-15(17,18)10-2-1-3-11(7-10)21-14-22-12(8-23-14)9-4-5-20-13(19)6-9;1-7-6-17-10(15-7)16-9-4-2-3-8(5-9)11(12,13)14;6-4-1-2-8-5(7)3-4/h1-8H,(H2,19,20)(H,21,22);2-6H,1H3,(H,15,16);1-3H,(H2,7,8). The third-order valence-electron chi connectivity index (χ3n) is 5.83. The number of nitrogens with one attached hydrogen (secondary N) is 2. The molecule has 6 N–H and O–H groups in total. The average Bonchev–Trinajstić information content (AvgIpc) is 3.66. The van der Waals surface area contributed by atoms with E-state index in [0.717, 1.165) is 40.0 Å². The highest BCUT2D eigenvalue weighted by Crippen LogP contribution is 2.33. The largest absolute Gasteiger partial charge is 0.416 e. The third-order valence-corrected chi connectivity index (χ3v) is 7.95. The molecule has 0 saturated carbocycles. The van der Waals surface area contributed by atoms with Crippen LogP contribution in [0.3, 0.4) is 0 Å². The van der Waals surface area contributed by atoms with Crippen molar-refractivity contribution in [2.45, 2.75) is 19.3 Å². The van der Waals surface area contributed by atoms with Crippen LogP contribution in [0.25, 0.3) is 11.3 Å². The Morgan fingerprint density at radius 2 is 1.19 bits per heavy atom. The fourth-order valence-corrected chi connectivity index (χ4v) is 5.50. The van der Waals surface area contributed by atoms with Crippen LogP contribution >= 0.6 is 38.6 Å². The van der Waals surface area contributed by atoms with Crippen molar-refractivity contribution >= 4 is 71.9 Å². The molecule has 0 atom stereocenters. The number of alkyl halides is 6. The summed E-state index contributed by atoms with van der Waals surface area (Å²) in [5.74, 6) is 0.919. The Kier molecular flexibility index (Phi) is 12.0. The van der Waals surface area contributed by atoms with Gasteiger partial charge in [-0.05, 0) is 67.6 Å². The van der Waals surface area contributed by atoms with Crippen molar-refractivity contribution in [2.75, 3.05) is 22.1 Å². The monoisotopic (exact) mass is 766 g/mol. The first-order chi connectivity index (χ1) is 22.7. The zero-order chi connectivity index (χ0) is 34.9. The molecule has 0 aliphatic carbocycles. The molecule has 250 valence electrons. The van der Waals surface area contributed by atoms with E-state index in [0.29, 0.717) is 39.0 Å². The number of aryl methyl sites for hydroxylation is 1. The molecule has 0 unspecified atom stereocenters. The van der Waals surface area contributed by atoms with Crippen molar-refractivity contribution < 1.29 is 26.3 Å². The highest BCUT2D eigenvalue weighted by atomic mass is 79.9. The van der Waals surface area contributed by atoms with Gasteiger partial charge in [0.2, 0.25) is 0 Å². The molecular weight excluding hydrogens is 742 g/mol. The molecule has 4 aromatic heterocycles. The van der Waals surface area contributed by atoms with Crippen LogP contribution < -0.4 is 22.1 Å². The molecular formula is C31H25BrF6N8S2. The van der Waals surface area contributed by atoms with Gasteiger partial charge in [-0.15, -0.1) is 22.7 Å². The number of nitrogens with two attached hydrogens (primary N) is 2. The Hall–Kier alpha value is -4.74. The summed E-state index contributed by atoms with van der Waals surface area (Å²) >= 11 is 5.89. The van der Waals surface area contributed by atoms with E-state index < -0.39 is 23.5 Å². The molecule has 6 aromatic rings. The number of nitrogens with zero attached hydrogens (tertiary/aromatic N) is 4. The first-order valence-electron chi connectivity index (χ1n) is 13.5. The van der Waals surface area contributed by atoms with E-state index >= 15 is 0 Å². The van der Waals surface area contributed by atoms with Gasteiger partial charge in [0.15, 0.2) is 10.3 Å². The van der Waals surface area contributed by atoms with E-state index in [9.17, 15) is 26.3 Å². The molecule has 0 aliphatic rings. The van der Waals surface area contributed by atoms with E-state index in [1.54, 1.807) is 48.1 Å². The lowest BCUT2D eigenvalue weighted by molar-refractivity contribution is -0.138. The summed E-state index contributed by atoms with van der Waals surface area (Å²) < 4.78 is 76.5. The lowest BCUT2D eigenvalue weighted by Crippen LogP contribution is -2.05. The van der Waals surface area contributed by atoms with Gasteiger partial charge in [0.1, 0.15) is 11.6 Å². The van der Waals surface area contributed by atoms with Gasteiger partial charge < -0.3 is 22.1 Å². The number of benzene rings is 2. The Bertz CT molecular complexity index is 1930. The van der Waals surface area contributed by atoms with Gasteiger partial charge in [0.05, 0.1) is 22.5 Å². The number of thiazole rings is 2. The Balaban J connectivity index is 0.000000182. The van der Waals surface area contributed by atoms with Gasteiger partial charge in [-0.2, -0.15) is 26.3 Å². The normalized spacial score (nSPS) is 11.1. The summed E-state index contributed by atoms with van der Waals surface area (Å²) in [6.07, 6.45) is -5.47. The summed E-state index contributed by atoms with van der Waals surface area (Å²) in [4.78, 5) is 16.2. The highest BCUT2D eigenvalue weighted by molar-refractivity contribution is 9.10. The first kappa shape index (κ1) is 36.1. The smallest absolute Gasteiger partial charge is 0.384 e. The quantitative estimate of drug-likeness (QED) is 0.128. The van der Waals surface area contributed by atoms with Crippen molar-refractivity contribution in [2.24, 2.45) is 0 Å². The van der Waals surface area contributed by atoms with E-state index in [1.165, 1.54) is 34.8 Å². The van der Waals surface area contributed by atoms with Crippen molar-refractivity contribution in [3.8, 4) is 11.3 Å². The minimum Gasteiger partial charge on any atom is -0.384 e. The molecule has 0 fully saturated rings. The molecule has 0 radical (unpaired) electrons. The van der Waals surface area contributed by atoms with Crippen LogP contribution in [-0.2, 0) is 12.4 Å². The van der Waals surface area contributed by atoms with E-state index in [4.69, 9.17) is 11.5 Å². The number of hydrogen-bond acceptors (Lipinski definition) is 10. The minimum absolute atomic E-state index is 0.329. The molecule has 2 aromatic carbocycles. The van der Waals surface area contributed by atoms with E-state index in [2.05, 4.69) is 46.5 Å². The van der Waals surface area contributed by atoms with Gasteiger partial charge in [-0.3, -0.25) is 0 Å². The summed E-state index contributed by atoms with van der Waals surface area (Å²) in [5.41, 5.74) is 12.6. The topological polar surface area (TPSA) is 128 Å². The molecule has 4 heterocycles. The van der Waals surface area contributed by atoms with E-state index in [-0.39, 0.29) is 0 Å². The van der Waals surface area contributed by atoms with Crippen molar-refractivity contribution in [3.05, 3.63) is 117 Å². The fraction of sp³-hybridized carbons (Fsp3) is 0.0968. The summed E-state index contributed by atoms with van der Waals surface area (Å²) in [6.45, 7) is 1.83. The molecule has 0 saturated heterocycles. The molecule has 0 amide bonds. The molecule has 6 rings (SSSR count). The maximum Gasteiger partial charge on any atom is 0.416 e. The SMILES string of the molecule is Cc1csc(Nc2cccc(C(F)(F)F)c2)n1.Nc1cc(-c2csc(Nc3cccc(C(F)(F)F)c3)n2)ccn1.Nc1cc(Br)ccn1. The minimum atomic E-state index is -4.37. The van der Waals surface area contributed by atoms with Crippen LogP contribution in [0, 0.1) is 6.92 Å². The lowest BCUT2D eigenvalue weighted by Gasteiger charge is -2.08. The number of anilines is 6. The number of nitrogen functional groups attached to an aromatic ring is 2. The number of hydrogen-bond donors (Lipinski definition) is 4. The first-order valence-corrected chi connectivity index (χ1v) is 16.1. The van der Waals surface area contributed by atoms with Gasteiger partial charge in [0, 0.05) is 44.6 Å². The predicted octanol–water partition coefficient (Wildman–Crippen LogP) is 10.2. The number of rotatable bonds is 5. The zero-order valence-electron chi connectivity index (χ0n) is 24.6. The van der Waals surface area contributed by atoms with E-state index in [1.807, 2.05) is 18.4 Å². The fourth-order valence-electron chi connectivity index (χ4n) is 3.70. The molecule has 17 heteroatoms. The Morgan fingerprint density at radius 1 is 0.667 bits per heavy atom. The number of aromatic nitrogens is 4. The molecule has 0 aliphatic heterocycles. The summed E-state index contributed by atoms with van der Waals surface area (Å²) in [5, 5.41) is 10.4. The van der Waals surface area contributed by atoms with Gasteiger partial charge >= 0.3 is 12.4 Å². The number of halogens is 7. The second kappa shape index (κ2) is 15.9. The van der Waals surface area contributed by atoms with Crippen LogP contribution in [-0.4, -0.2) is 19.9 Å². The molecule has 8 nitrogen and oxygen atoms in total. The summed E-state index contributed by atoms with van der Waals surface area (Å²) in [7, 11) is 0. The van der Waals surface area contributed by atoms with Crippen LogP contribution in [0.4, 0.5) is 59.6 Å². The van der Waals surface area contributed by atoms with Crippen LogP contribution in [0.1, 0.15) is 16.8 Å². The van der Waals surface area contributed by atoms with Crippen molar-refractivity contribution in [1.82, 2.24) is 19.9 Å². The van der Waals surface area contributed by atoms with Crippen molar-refractivity contribution in [3.63, 3.8) is 0 Å².